The number of allylic oxidation sites excluding steroid dienone is 1. The van der Waals surface area contributed by atoms with Crippen molar-refractivity contribution < 1.29 is 23.8 Å². The molecule has 2 aliphatic rings. The molecule has 8 nitrogen and oxygen atoms in total. The number of thioether (sulfide) groups is 1. The van der Waals surface area contributed by atoms with E-state index in [0.29, 0.717) is 41.1 Å². The molecular formula is C29H33N3O5S. The number of ether oxygens (including phenoxy) is 3. The van der Waals surface area contributed by atoms with Gasteiger partial charge in [-0.3, -0.25) is 4.79 Å². The highest BCUT2D eigenvalue weighted by Gasteiger charge is 2.41. The van der Waals surface area contributed by atoms with Crippen molar-refractivity contribution in [3.63, 3.8) is 0 Å². The minimum atomic E-state index is -0.554. The van der Waals surface area contributed by atoms with Crippen LogP contribution in [0.1, 0.15) is 51.3 Å². The number of esters is 1. The number of fused-ring (bicyclic) bond motifs is 1. The molecule has 0 radical (unpaired) electrons. The summed E-state index contributed by atoms with van der Waals surface area (Å²) in [4.78, 5) is 32.5. The van der Waals surface area contributed by atoms with Gasteiger partial charge in [0.25, 0.3) is 0 Å². The maximum Gasteiger partial charge on any atom is 0.338 e. The first-order valence-electron chi connectivity index (χ1n) is 12.6. The highest BCUT2D eigenvalue weighted by molar-refractivity contribution is 8.16. The van der Waals surface area contributed by atoms with Gasteiger partial charge in [0, 0.05) is 12.2 Å². The van der Waals surface area contributed by atoms with Gasteiger partial charge in [0.15, 0.2) is 16.7 Å². The fourth-order valence-corrected chi connectivity index (χ4v) is 5.32. The number of rotatable bonds is 10. The van der Waals surface area contributed by atoms with E-state index in [-0.39, 0.29) is 18.4 Å². The first-order valence-corrected chi connectivity index (χ1v) is 13.5. The van der Waals surface area contributed by atoms with Crippen molar-refractivity contribution >= 4 is 28.8 Å². The quantitative estimate of drug-likeness (QED) is 0.412. The summed E-state index contributed by atoms with van der Waals surface area (Å²) in [6.45, 7) is 8.25. The topological polar surface area (TPSA) is 89.5 Å². The molecule has 1 amide bonds. The standard InChI is InChI=1S/C29H33N3O5S/c1-6-30-25(33)15-22-17-38-29-31-19(4)26(28(34)37-18(2)3)27(32(22)29)21-12-13-23(24(14-21)35-5)36-16-20-10-8-7-9-11-20/h7-14,17-18,27H,6,15-16H2,1-5H3,(H,30,33). The minimum Gasteiger partial charge on any atom is -0.493 e. The van der Waals surface area contributed by atoms with Crippen molar-refractivity contribution in [3.05, 3.63) is 82.0 Å². The van der Waals surface area contributed by atoms with E-state index in [2.05, 4.69) is 5.32 Å². The number of nitrogens with zero attached hydrogens (tertiary/aromatic N) is 2. The number of carbonyl (C=O) groups excluding carboxylic acids is 2. The second-order valence-electron chi connectivity index (χ2n) is 9.16. The van der Waals surface area contributed by atoms with E-state index in [9.17, 15) is 9.59 Å². The van der Waals surface area contributed by atoms with Crippen LogP contribution in [0.25, 0.3) is 0 Å². The molecule has 2 aromatic rings. The Morgan fingerprint density at radius 1 is 1.13 bits per heavy atom. The van der Waals surface area contributed by atoms with Gasteiger partial charge in [0.05, 0.1) is 36.9 Å². The average molecular weight is 536 g/mol. The number of hydrogen-bond acceptors (Lipinski definition) is 8. The van der Waals surface area contributed by atoms with Gasteiger partial charge in [-0.25, -0.2) is 9.79 Å². The molecule has 1 N–H and O–H groups in total. The van der Waals surface area contributed by atoms with Gasteiger partial charge in [0.2, 0.25) is 5.91 Å². The molecule has 2 aromatic carbocycles. The van der Waals surface area contributed by atoms with Crippen LogP contribution in [0.5, 0.6) is 11.5 Å². The summed E-state index contributed by atoms with van der Waals surface area (Å²) in [7, 11) is 1.59. The normalized spacial score (nSPS) is 16.6. The second-order valence-corrected chi connectivity index (χ2v) is 10.00. The van der Waals surface area contributed by atoms with E-state index in [1.165, 1.54) is 11.8 Å². The van der Waals surface area contributed by atoms with E-state index in [1.807, 2.05) is 86.5 Å². The fraction of sp³-hybridized carbons (Fsp3) is 0.345. The largest absolute Gasteiger partial charge is 0.493 e. The molecule has 38 heavy (non-hydrogen) atoms. The molecule has 2 aliphatic heterocycles. The van der Waals surface area contributed by atoms with Crippen LogP contribution in [0.3, 0.4) is 0 Å². The Labute approximate surface area is 227 Å². The maximum atomic E-state index is 13.4. The Kier molecular flexibility index (Phi) is 8.78. The Morgan fingerprint density at radius 3 is 2.58 bits per heavy atom. The van der Waals surface area contributed by atoms with Crippen LogP contribution >= 0.6 is 11.8 Å². The lowest BCUT2D eigenvalue weighted by molar-refractivity contribution is -0.143. The lowest BCUT2D eigenvalue weighted by Crippen LogP contribution is -2.38. The highest BCUT2D eigenvalue weighted by atomic mass is 32.2. The zero-order chi connectivity index (χ0) is 27.2. The lowest BCUT2D eigenvalue weighted by Gasteiger charge is -2.36. The number of nitrogens with one attached hydrogen (secondary N) is 1. The van der Waals surface area contributed by atoms with Crippen molar-refractivity contribution in [1.82, 2.24) is 10.2 Å². The van der Waals surface area contributed by atoms with Gasteiger partial charge in [-0.2, -0.15) is 0 Å². The Bertz CT molecular complexity index is 1290. The number of aliphatic imine (C=N–C) groups is 1. The van der Waals surface area contributed by atoms with Crippen LogP contribution in [-0.4, -0.2) is 41.7 Å². The third-order valence-corrected chi connectivity index (χ3v) is 6.91. The summed E-state index contributed by atoms with van der Waals surface area (Å²) in [5.41, 5.74) is 3.59. The molecule has 1 atom stereocenters. The fourth-order valence-electron chi connectivity index (χ4n) is 4.36. The van der Waals surface area contributed by atoms with E-state index in [0.717, 1.165) is 16.8 Å². The molecule has 0 spiro atoms. The number of carbonyl (C=O) groups is 2. The molecule has 200 valence electrons. The summed E-state index contributed by atoms with van der Waals surface area (Å²) < 4.78 is 17.4. The molecule has 4 rings (SSSR count). The number of methoxy groups -OCH3 is 1. The molecule has 0 aliphatic carbocycles. The summed E-state index contributed by atoms with van der Waals surface area (Å²) in [6, 6.07) is 15.0. The minimum absolute atomic E-state index is 0.0980. The SMILES string of the molecule is CCNC(=O)CC1=CSC2=NC(C)=C(C(=O)OC(C)C)C(c3ccc(OCc4ccccc4)c(OC)c3)N12. The number of amides is 1. The van der Waals surface area contributed by atoms with Gasteiger partial charge in [0.1, 0.15) is 6.61 Å². The molecule has 9 heteroatoms. The van der Waals surface area contributed by atoms with Crippen molar-refractivity contribution in [1.29, 1.82) is 0 Å². The first-order chi connectivity index (χ1) is 18.3. The van der Waals surface area contributed by atoms with Crippen LogP contribution in [0.4, 0.5) is 0 Å². The number of hydrogen-bond donors (Lipinski definition) is 1. The number of benzene rings is 2. The Morgan fingerprint density at radius 2 is 1.89 bits per heavy atom. The molecule has 1 unspecified atom stereocenters. The lowest BCUT2D eigenvalue weighted by atomic mass is 9.93. The average Bonchev–Trinajstić information content (AvgIpc) is 3.28. The van der Waals surface area contributed by atoms with Gasteiger partial charge in [-0.15, -0.1) is 0 Å². The molecule has 0 bridgehead atoms. The van der Waals surface area contributed by atoms with Crippen LogP contribution < -0.4 is 14.8 Å². The van der Waals surface area contributed by atoms with Crippen molar-refractivity contribution in [2.24, 2.45) is 4.99 Å². The molecule has 0 saturated carbocycles. The summed E-state index contributed by atoms with van der Waals surface area (Å²) in [6.07, 6.45) is -0.132. The third kappa shape index (κ3) is 6.05. The van der Waals surface area contributed by atoms with Gasteiger partial charge in [-0.05, 0) is 56.4 Å². The van der Waals surface area contributed by atoms with Gasteiger partial charge in [-0.1, -0.05) is 48.2 Å². The molecule has 2 heterocycles. The summed E-state index contributed by atoms with van der Waals surface area (Å²) in [5, 5.41) is 5.47. The van der Waals surface area contributed by atoms with E-state index in [1.54, 1.807) is 7.11 Å². The smallest absolute Gasteiger partial charge is 0.338 e. The van der Waals surface area contributed by atoms with E-state index < -0.39 is 12.0 Å². The molecule has 0 saturated heterocycles. The van der Waals surface area contributed by atoms with Crippen LogP contribution in [0.15, 0.2) is 75.9 Å². The van der Waals surface area contributed by atoms with E-state index >= 15 is 0 Å². The zero-order valence-corrected chi connectivity index (χ0v) is 23.1. The number of amidine groups is 1. The molecular weight excluding hydrogens is 502 g/mol. The highest BCUT2D eigenvalue weighted by Crippen LogP contribution is 2.46. The van der Waals surface area contributed by atoms with Crippen molar-refractivity contribution in [3.8, 4) is 11.5 Å². The van der Waals surface area contributed by atoms with Crippen LogP contribution in [0, 0.1) is 0 Å². The van der Waals surface area contributed by atoms with Crippen LogP contribution in [-0.2, 0) is 20.9 Å². The zero-order valence-electron chi connectivity index (χ0n) is 22.3. The molecule has 0 aromatic heterocycles. The monoisotopic (exact) mass is 535 g/mol. The summed E-state index contributed by atoms with van der Waals surface area (Å²) >= 11 is 1.43. The van der Waals surface area contributed by atoms with Gasteiger partial charge < -0.3 is 24.4 Å². The van der Waals surface area contributed by atoms with Crippen LogP contribution in [0.2, 0.25) is 0 Å². The maximum absolute atomic E-state index is 13.4. The third-order valence-electron chi connectivity index (χ3n) is 6.02. The predicted molar refractivity (Wildman–Crippen MR) is 149 cm³/mol. The Hall–Kier alpha value is -3.72. The van der Waals surface area contributed by atoms with Crippen molar-refractivity contribution in [2.75, 3.05) is 13.7 Å². The van der Waals surface area contributed by atoms with Gasteiger partial charge >= 0.3 is 5.97 Å². The summed E-state index contributed by atoms with van der Waals surface area (Å²) in [5.74, 6) is 0.589. The molecule has 0 fully saturated rings. The predicted octanol–water partition coefficient (Wildman–Crippen LogP) is 5.33. The second kappa shape index (κ2) is 12.2. The Balaban J connectivity index is 1.72. The van der Waals surface area contributed by atoms with Crippen molar-refractivity contribution in [2.45, 2.75) is 52.9 Å². The van der Waals surface area contributed by atoms with E-state index in [4.69, 9.17) is 19.2 Å². The first kappa shape index (κ1) is 27.3.